The molecule has 10 aromatic rings. The molecule has 0 saturated heterocycles. The molecule has 0 spiro atoms. The summed E-state index contributed by atoms with van der Waals surface area (Å²) in [6.45, 7) is 6.83. The van der Waals surface area contributed by atoms with Gasteiger partial charge in [0.2, 0.25) is 0 Å². The van der Waals surface area contributed by atoms with E-state index in [9.17, 15) is 0 Å². The Hall–Kier alpha value is -6.58. The van der Waals surface area contributed by atoms with E-state index in [2.05, 4.69) is 172 Å². The Morgan fingerprint density at radius 3 is 1.72 bits per heavy atom. The van der Waals surface area contributed by atoms with Gasteiger partial charge in [-0.25, -0.2) is 9.97 Å². The van der Waals surface area contributed by atoms with Crippen LogP contribution in [0.1, 0.15) is 26.3 Å². The summed E-state index contributed by atoms with van der Waals surface area (Å²) in [6, 6.07) is 58.1. The average Bonchev–Trinajstić information content (AvgIpc) is 3.59. The third kappa shape index (κ3) is 5.19. The zero-order valence-corrected chi connectivity index (χ0v) is 29.9. The quantitative estimate of drug-likeness (QED) is 0.174. The van der Waals surface area contributed by atoms with E-state index in [0.717, 1.165) is 61.1 Å². The Bertz CT molecular complexity index is 3020. The largest absolute Gasteiger partial charge is 0.455 e. The maximum atomic E-state index is 6.54. The van der Waals surface area contributed by atoms with E-state index in [1.54, 1.807) is 0 Å². The molecule has 10 rings (SSSR count). The minimum Gasteiger partial charge on any atom is -0.455 e. The molecule has 252 valence electrons. The number of aromatic nitrogens is 2. The van der Waals surface area contributed by atoms with Crippen molar-refractivity contribution in [3.63, 3.8) is 0 Å². The van der Waals surface area contributed by atoms with E-state index in [4.69, 9.17) is 14.4 Å². The lowest BCUT2D eigenvalue weighted by atomic mass is 9.84. The number of fused-ring (bicyclic) bond motifs is 9. The molecule has 3 nitrogen and oxygen atoms in total. The van der Waals surface area contributed by atoms with Gasteiger partial charge in [0.25, 0.3) is 0 Å². The van der Waals surface area contributed by atoms with E-state index in [0.29, 0.717) is 5.82 Å². The van der Waals surface area contributed by atoms with E-state index < -0.39 is 0 Å². The molecule has 2 aromatic heterocycles. The predicted octanol–water partition coefficient (Wildman–Crippen LogP) is 13.8. The topological polar surface area (TPSA) is 38.9 Å². The zero-order chi connectivity index (χ0) is 35.7. The maximum Gasteiger partial charge on any atom is 0.160 e. The van der Waals surface area contributed by atoms with Gasteiger partial charge in [-0.2, -0.15) is 0 Å². The highest BCUT2D eigenvalue weighted by atomic mass is 16.3. The Morgan fingerprint density at radius 2 is 0.962 bits per heavy atom. The maximum absolute atomic E-state index is 6.54. The molecule has 0 aliphatic heterocycles. The number of nitrogens with zero attached hydrogens (tertiary/aromatic N) is 2. The van der Waals surface area contributed by atoms with Crippen molar-refractivity contribution in [1.29, 1.82) is 0 Å². The lowest BCUT2D eigenvalue weighted by Gasteiger charge is -2.21. The van der Waals surface area contributed by atoms with Gasteiger partial charge in [0.1, 0.15) is 11.2 Å². The normalized spacial score (nSPS) is 12.1. The summed E-state index contributed by atoms with van der Waals surface area (Å²) in [5.74, 6) is 0.669. The Kier molecular flexibility index (Phi) is 7.06. The van der Waals surface area contributed by atoms with Crippen molar-refractivity contribution in [3.05, 3.63) is 169 Å². The van der Waals surface area contributed by atoms with E-state index in [1.165, 1.54) is 37.9 Å². The van der Waals surface area contributed by atoms with Crippen LogP contribution in [0, 0.1) is 0 Å². The van der Waals surface area contributed by atoms with Crippen molar-refractivity contribution in [3.8, 4) is 45.0 Å². The molecule has 0 fully saturated rings. The van der Waals surface area contributed by atoms with Gasteiger partial charge < -0.3 is 4.42 Å². The number of benzene rings is 8. The fraction of sp³-hybridized carbons (Fsp3) is 0.0800. The van der Waals surface area contributed by atoms with Crippen LogP contribution >= 0.6 is 0 Å². The highest BCUT2D eigenvalue weighted by molar-refractivity contribution is 6.26. The van der Waals surface area contributed by atoms with Gasteiger partial charge in [-0.1, -0.05) is 154 Å². The third-order valence-corrected chi connectivity index (χ3v) is 10.7. The van der Waals surface area contributed by atoms with Gasteiger partial charge >= 0.3 is 0 Å². The molecule has 0 aliphatic rings. The van der Waals surface area contributed by atoms with Gasteiger partial charge in [-0.15, -0.1) is 0 Å². The van der Waals surface area contributed by atoms with E-state index in [1.807, 2.05) is 12.1 Å². The van der Waals surface area contributed by atoms with Gasteiger partial charge in [-0.3, -0.25) is 0 Å². The Balaban J connectivity index is 1.24. The third-order valence-electron chi connectivity index (χ3n) is 10.7. The molecular formula is C50H36N2O. The summed E-state index contributed by atoms with van der Waals surface area (Å²) in [5.41, 5.74) is 9.96. The molecule has 0 N–H and O–H groups in total. The molecule has 3 heteroatoms. The van der Waals surface area contributed by atoms with Gasteiger partial charge in [0.15, 0.2) is 5.82 Å². The van der Waals surface area contributed by atoms with Crippen LogP contribution in [0.15, 0.2) is 168 Å². The highest BCUT2D eigenvalue weighted by Gasteiger charge is 2.20. The van der Waals surface area contributed by atoms with Crippen molar-refractivity contribution in [2.75, 3.05) is 0 Å². The second-order valence-corrected chi connectivity index (χ2v) is 15.0. The number of para-hydroxylation sites is 2. The molecule has 8 aromatic carbocycles. The van der Waals surface area contributed by atoms with E-state index >= 15 is 0 Å². The van der Waals surface area contributed by atoms with Gasteiger partial charge in [-0.05, 0) is 84.8 Å². The van der Waals surface area contributed by atoms with Crippen molar-refractivity contribution >= 4 is 54.3 Å². The lowest BCUT2D eigenvalue weighted by molar-refractivity contribution is 0.591. The summed E-state index contributed by atoms with van der Waals surface area (Å²) >= 11 is 0. The van der Waals surface area contributed by atoms with Crippen LogP contribution in [0.3, 0.4) is 0 Å². The fourth-order valence-electron chi connectivity index (χ4n) is 7.94. The molecule has 53 heavy (non-hydrogen) atoms. The van der Waals surface area contributed by atoms with Crippen LogP contribution in [0.2, 0.25) is 0 Å². The van der Waals surface area contributed by atoms with Gasteiger partial charge in [0, 0.05) is 27.5 Å². The second-order valence-electron chi connectivity index (χ2n) is 15.0. The van der Waals surface area contributed by atoms with Gasteiger partial charge in [0.05, 0.1) is 11.4 Å². The number of furan rings is 1. The predicted molar refractivity (Wildman–Crippen MR) is 222 cm³/mol. The average molecular weight is 681 g/mol. The number of hydrogen-bond donors (Lipinski definition) is 0. The Labute approximate surface area is 308 Å². The fourth-order valence-corrected chi connectivity index (χ4v) is 7.94. The Morgan fingerprint density at radius 1 is 0.396 bits per heavy atom. The zero-order valence-electron chi connectivity index (χ0n) is 29.9. The first kappa shape index (κ1) is 31.2. The minimum atomic E-state index is 0.0556. The molecule has 0 bridgehead atoms. The molecule has 0 amide bonds. The smallest absolute Gasteiger partial charge is 0.160 e. The summed E-state index contributed by atoms with van der Waals surface area (Å²) in [4.78, 5) is 10.7. The molecule has 2 heterocycles. The molecule has 0 radical (unpaired) electrons. The minimum absolute atomic E-state index is 0.0556. The second kappa shape index (κ2) is 12.0. The lowest BCUT2D eigenvalue weighted by Crippen LogP contribution is -2.10. The summed E-state index contributed by atoms with van der Waals surface area (Å²) < 4.78 is 6.54. The van der Waals surface area contributed by atoms with Crippen molar-refractivity contribution in [2.45, 2.75) is 26.2 Å². The highest BCUT2D eigenvalue weighted by Crippen LogP contribution is 2.41. The van der Waals surface area contributed by atoms with Crippen LogP contribution in [-0.2, 0) is 5.41 Å². The van der Waals surface area contributed by atoms with Crippen LogP contribution < -0.4 is 0 Å². The first-order valence-electron chi connectivity index (χ1n) is 18.2. The van der Waals surface area contributed by atoms with Crippen LogP contribution in [0.5, 0.6) is 0 Å². The monoisotopic (exact) mass is 680 g/mol. The van der Waals surface area contributed by atoms with Crippen LogP contribution in [0.4, 0.5) is 0 Å². The van der Waals surface area contributed by atoms with Crippen molar-refractivity contribution < 1.29 is 4.42 Å². The first-order valence-corrected chi connectivity index (χ1v) is 18.2. The first-order chi connectivity index (χ1) is 25.9. The molecule has 0 unspecified atom stereocenters. The van der Waals surface area contributed by atoms with E-state index in [-0.39, 0.29) is 5.41 Å². The number of rotatable bonds is 4. The molecule has 0 aliphatic carbocycles. The standard InChI is InChI=1S/C50H36N2O/c1-50(2,3)33-25-27-38-37-26-24-32(28-43(37)35-17-8-9-18-36(35)44(38)29-33)49-51-45(39-19-10-7-16-34(39)31-14-5-4-6-15-31)30-46(52-49)42-22-13-21-41-40-20-11-12-23-47(40)53-48(41)42/h4-30H,1-3H3. The summed E-state index contributed by atoms with van der Waals surface area (Å²) in [5, 5.41) is 9.59. The number of hydrogen-bond acceptors (Lipinski definition) is 3. The summed E-state index contributed by atoms with van der Waals surface area (Å²) in [7, 11) is 0. The van der Waals surface area contributed by atoms with Crippen LogP contribution in [-0.4, -0.2) is 9.97 Å². The summed E-state index contributed by atoms with van der Waals surface area (Å²) in [6.07, 6.45) is 0. The van der Waals surface area contributed by atoms with Crippen molar-refractivity contribution in [2.24, 2.45) is 0 Å². The molecular weight excluding hydrogens is 645 g/mol. The molecule has 0 atom stereocenters. The molecule has 0 saturated carbocycles. The van der Waals surface area contributed by atoms with Crippen molar-refractivity contribution in [1.82, 2.24) is 9.97 Å². The SMILES string of the molecule is CC(C)(C)c1ccc2c3ccc(-c4nc(-c5ccccc5-c5ccccc5)cc(-c5cccc6c5oc5ccccc56)n4)cc3c3ccccc3c2c1. The van der Waals surface area contributed by atoms with Crippen LogP contribution in [0.25, 0.3) is 99.3 Å².